The first-order chi connectivity index (χ1) is 16.4. The topological polar surface area (TPSA) is 251 Å². The number of amides is 4. The summed E-state index contributed by atoms with van der Waals surface area (Å²) in [6, 6.07) is 1.60. The number of nitrogens with two attached hydrogens (primary N) is 2. The van der Waals surface area contributed by atoms with Crippen molar-refractivity contribution in [3.05, 3.63) is 29.8 Å². The second kappa shape index (κ2) is 14.1. The first-order valence-corrected chi connectivity index (χ1v) is 10.5. The average molecular weight is 495 g/mol. The molecule has 0 bridgehead atoms. The molecule has 1 rings (SSSR count). The monoisotopic (exact) mass is 495 g/mol. The van der Waals surface area contributed by atoms with Gasteiger partial charge in [-0.3, -0.25) is 24.0 Å². The van der Waals surface area contributed by atoms with Crippen LogP contribution in [-0.4, -0.2) is 75.6 Å². The number of rotatable bonds is 15. The molecule has 0 radical (unpaired) electrons. The number of hydrogen-bond acceptors (Lipinski definition) is 8. The van der Waals surface area contributed by atoms with Crippen LogP contribution in [0.25, 0.3) is 0 Å². The lowest BCUT2D eigenvalue weighted by Gasteiger charge is -2.24. The van der Waals surface area contributed by atoms with Crippen molar-refractivity contribution in [3.63, 3.8) is 0 Å². The molecule has 0 saturated carbocycles. The number of phenols is 1. The lowest BCUT2D eigenvalue weighted by atomic mass is 10.0. The molecular formula is C21H29N5O9. The van der Waals surface area contributed by atoms with E-state index in [-0.39, 0.29) is 25.0 Å². The number of aliphatic carboxylic acids is 2. The molecule has 1 aromatic rings. The Bertz CT molecular complexity index is 936. The fourth-order valence-electron chi connectivity index (χ4n) is 2.96. The first-order valence-electron chi connectivity index (χ1n) is 10.5. The van der Waals surface area contributed by atoms with E-state index >= 15 is 0 Å². The van der Waals surface area contributed by atoms with Gasteiger partial charge in [-0.25, -0.2) is 4.79 Å². The molecule has 0 aliphatic carbocycles. The molecule has 3 unspecified atom stereocenters. The summed E-state index contributed by atoms with van der Waals surface area (Å²) in [4.78, 5) is 70.9. The van der Waals surface area contributed by atoms with Gasteiger partial charge < -0.3 is 42.7 Å². The summed E-state index contributed by atoms with van der Waals surface area (Å²) in [7, 11) is 0. The van der Waals surface area contributed by atoms with Gasteiger partial charge in [0.1, 0.15) is 23.9 Å². The molecule has 14 nitrogen and oxygen atoms in total. The third-order valence-electron chi connectivity index (χ3n) is 4.79. The first kappa shape index (κ1) is 28.8. The number of phenolic OH excluding ortho intramolecular Hbond substituents is 1. The number of carboxylic acid groups (broad SMARTS) is 2. The van der Waals surface area contributed by atoms with Crippen LogP contribution in [0.3, 0.4) is 0 Å². The summed E-state index contributed by atoms with van der Waals surface area (Å²) in [6.45, 7) is -0.422. The SMILES string of the molecule is NCC(=O)NC(Cc1ccc(O)cc1)C(=O)NC(CCC(N)=O)C(=O)NC(CCC(=O)O)C(=O)O. The maximum Gasteiger partial charge on any atom is 0.326 e. The van der Waals surface area contributed by atoms with E-state index in [0.29, 0.717) is 5.56 Å². The van der Waals surface area contributed by atoms with Gasteiger partial charge in [0.2, 0.25) is 23.6 Å². The minimum Gasteiger partial charge on any atom is -0.508 e. The third-order valence-corrected chi connectivity index (χ3v) is 4.79. The van der Waals surface area contributed by atoms with Crippen molar-refractivity contribution in [1.82, 2.24) is 16.0 Å². The van der Waals surface area contributed by atoms with Gasteiger partial charge in [-0.05, 0) is 30.5 Å². The quantitative estimate of drug-likeness (QED) is 0.128. The summed E-state index contributed by atoms with van der Waals surface area (Å²) in [5, 5.41) is 34.4. The average Bonchev–Trinajstić information content (AvgIpc) is 2.79. The highest BCUT2D eigenvalue weighted by Gasteiger charge is 2.30. The molecule has 4 amide bonds. The minimum atomic E-state index is -1.56. The molecular weight excluding hydrogens is 466 g/mol. The molecule has 0 aliphatic rings. The third kappa shape index (κ3) is 11.0. The summed E-state index contributed by atoms with van der Waals surface area (Å²) >= 11 is 0. The Balaban J connectivity index is 3.06. The van der Waals surface area contributed by atoms with Gasteiger partial charge >= 0.3 is 11.9 Å². The number of primary amides is 1. The molecule has 0 heterocycles. The number of hydrogen-bond donors (Lipinski definition) is 8. The Morgan fingerprint density at radius 1 is 0.800 bits per heavy atom. The minimum absolute atomic E-state index is 0.0141. The van der Waals surface area contributed by atoms with Gasteiger partial charge in [0.25, 0.3) is 0 Å². The molecule has 3 atom stereocenters. The maximum atomic E-state index is 13.0. The predicted octanol–water partition coefficient (Wildman–Crippen LogP) is -2.44. The van der Waals surface area contributed by atoms with Gasteiger partial charge in [0.05, 0.1) is 6.54 Å². The Hall–Kier alpha value is -4.20. The highest BCUT2D eigenvalue weighted by molar-refractivity contribution is 5.94. The van der Waals surface area contributed by atoms with E-state index in [9.17, 15) is 39.0 Å². The van der Waals surface area contributed by atoms with Crippen molar-refractivity contribution in [3.8, 4) is 5.75 Å². The van der Waals surface area contributed by atoms with Crippen LogP contribution < -0.4 is 27.4 Å². The molecule has 35 heavy (non-hydrogen) atoms. The van der Waals surface area contributed by atoms with Gasteiger partial charge in [-0.15, -0.1) is 0 Å². The summed E-state index contributed by atoms with van der Waals surface area (Å²) in [5.74, 6) is -6.03. The van der Waals surface area contributed by atoms with Crippen LogP contribution in [0.2, 0.25) is 0 Å². The standard InChI is InChI=1S/C21H29N5O9/c22-10-17(29)24-15(9-11-1-3-12(27)4-2-11)20(33)25-13(5-7-16(23)28)19(32)26-14(21(34)35)6-8-18(30)31/h1-4,13-15,27H,5-10,22H2,(H2,23,28)(H,24,29)(H,25,33)(H,26,32)(H,30,31)(H,34,35). The van der Waals surface area contributed by atoms with Crippen LogP contribution in [0.15, 0.2) is 24.3 Å². The second-order valence-electron chi connectivity index (χ2n) is 7.59. The predicted molar refractivity (Wildman–Crippen MR) is 120 cm³/mol. The van der Waals surface area contributed by atoms with Crippen LogP contribution in [0, 0.1) is 0 Å². The summed E-state index contributed by atoms with van der Waals surface area (Å²) in [6.07, 6.45) is -1.60. The molecule has 0 saturated heterocycles. The number of aromatic hydroxyl groups is 1. The number of benzene rings is 1. The van der Waals surface area contributed by atoms with Crippen LogP contribution in [0.1, 0.15) is 31.2 Å². The summed E-state index contributed by atoms with van der Waals surface area (Å²) in [5.41, 5.74) is 11.0. The van der Waals surface area contributed by atoms with E-state index < -0.39 is 73.1 Å². The number of carbonyl (C=O) groups excluding carboxylic acids is 4. The van der Waals surface area contributed by atoms with Gasteiger partial charge in [-0.2, -0.15) is 0 Å². The zero-order valence-electron chi connectivity index (χ0n) is 18.7. The largest absolute Gasteiger partial charge is 0.508 e. The van der Waals surface area contributed by atoms with Crippen molar-refractivity contribution in [2.75, 3.05) is 6.54 Å². The number of carboxylic acids is 2. The van der Waals surface area contributed by atoms with Crippen LogP contribution in [-0.2, 0) is 35.2 Å². The van der Waals surface area contributed by atoms with E-state index in [1.807, 2.05) is 0 Å². The molecule has 0 aliphatic heterocycles. The molecule has 0 aromatic heterocycles. The lowest BCUT2D eigenvalue weighted by molar-refractivity contribution is -0.143. The Kier molecular flexibility index (Phi) is 11.7. The highest BCUT2D eigenvalue weighted by Crippen LogP contribution is 2.12. The molecule has 0 spiro atoms. The maximum absolute atomic E-state index is 13.0. The Labute approximate surface area is 200 Å². The van der Waals surface area contributed by atoms with Crippen molar-refractivity contribution in [2.24, 2.45) is 11.5 Å². The van der Waals surface area contributed by atoms with E-state index in [1.165, 1.54) is 24.3 Å². The lowest BCUT2D eigenvalue weighted by Crippen LogP contribution is -2.56. The molecule has 0 fully saturated rings. The number of carbonyl (C=O) groups is 6. The van der Waals surface area contributed by atoms with Gasteiger partial charge in [0, 0.05) is 19.3 Å². The second-order valence-corrected chi connectivity index (χ2v) is 7.59. The van der Waals surface area contributed by atoms with E-state index in [2.05, 4.69) is 16.0 Å². The van der Waals surface area contributed by atoms with Crippen molar-refractivity contribution >= 4 is 35.6 Å². The summed E-state index contributed by atoms with van der Waals surface area (Å²) < 4.78 is 0. The number of nitrogens with one attached hydrogen (secondary N) is 3. The molecule has 192 valence electrons. The van der Waals surface area contributed by atoms with Crippen molar-refractivity contribution in [1.29, 1.82) is 0 Å². The molecule has 1 aromatic carbocycles. The Morgan fingerprint density at radius 3 is 1.86 bits per heavy atom. The normalized spacial score (nSPS) is 13.1. The zero-order valence-corrected chi connectivity index (χ0v) is 18.7. The van der Waals surface area contributed by atoms with Crippen molar-refractivity contribution < 1.29 is 44.1 Å². The van der Waals surface area contributed by atoms with Gasteiger partial charge in [-0.1, -0.05) is 12.1 Å². The Morgan fingerprint density at radius 2 is 1.34 bits per heavy atom. The zero-order chi connectivity index (χ0) is 26.5. The molecule has 14 heteroatoms. The molecule has 10 N–H and O–H groups in total. The smallest absolute Gasteiger partial charge is 0.326 e. The van der Waals surface area contributed by atoms with Crippen LogP contribution in [0.4, 0.5) is 0 Å². The fraction of sp³-hybridized carbons (Fsp3) is 0.429. The van der Waals surface area contributed by atoms with E-state index in [4.69, 9.17) is 16.6 Å². The van der Waals surface area contributed by atoms with Crippen LogP contribution >= 0.6 is 0 Å². The highest BCUT2D eigenvalue weighted by atomic mass is 16.4. The fourth-order valence-corrected chi connectivity index (χ4v) is 2.96. The van der Waals surface area contributed by atoms with E-state index in [0.717, 1.165) is 0 Å². The van der Waals surface area contributed by atoms with Gasteiger partial charge in [0.15, 0.2) is 0 Å². The van der Waals surface area contributed by atoms with E-state index in [1.54, 1.807) is 0 Å². The van der Waals surface area contributed by atoms with Crippen LogP contribution in [0.5, 0.6) is 5.75 Å². The van der Waals surface area contributed by atoms with Crippen molar-refractivity contribution in [2.45, 2.75) is 50.2 Å².